The summed E-state index contributed by atoms with van der Waals surface area (Å²) in [5.74, 6) is 0. The highest BCUT2D eigenvalue weighted by Crippen LogP contribution is 2.28. The Morgan fingerprint density at radius 1 is 0.537 bits per heavy atom. The van der Waals surface area contributed by atoms with Crippen LogP contribution in [0.5, 0.6) is 0 Å². The maximum Gasteiger partial charge on any atom is 0.0979 e. The zero-order chi connectivity index (χ0) is 28.8. The van der Waals surface area contributed by atoms with Crippen LogP contribution in [0.2, 0.25) is 0 Å². The van der Waals surface area contributed by atoms with Crippen LogP contribution < -0.4 is 12.4 Å². The molecular formula is C36H49ClN4. The lowest BCUT2D eigenvalue weighted by atomic mass is 9.84. The van der Waals surface area contributed by atoms with E-state index < -0.39 is 0 Å². The Balaban J connectivity index is 0.00000588. The largest absolute Gasteiger partial charge is 1.00 e. The van der Waals surface area contributed by atoms with Gasteiger partial charge >= 0.3 is 0 Å². The van der Waals surface area contributed by atoms with Crippen molar-refractivity contribution in [2.24, 2.45) is 15.0 Å². The molecule has 0 N–H and O–H groups in total. The molecule has 3 aromatic carbocycles. The second-order valence-electron chi connectivity index (χ2n) is 11.3. The van der Waals surface area contributed by atoms with Crippen molar-refractivity contribution >= 4 is 18.6 Å². The molecule has 3 rings (SSSR count). The quantitative estimate of drug-likeness (QED) is 0.196. The predicted octanol–water partition coefficient (Wildman–Crippen LogP) is 3.83. The molecule has 0 aromatic heterocycles. The maximum absolute atomic E-state index is 4.94. The van der Waals surface area contributed by atoms with Crippen molar-refractivity contribution in [1.82, 2.24) is 0 Å². The van der Waals surface area contributed by atoms with Crippen LogP contribution in [0.4, 0.5) is 0 Å². The van der Waals surface area contributed by atoms with Crippen LogP contribution in [0.25, 0.3) is 0 Å². The summed E-state index contributed by atoms with van der Waals surface area (Å²) < 4.78 is 0.909. The van der Waals surface area contributed by atoms with Crippen molar-refractivity contribution in [3.63, 3.8) is 0 Å². The monoisotopic (exact) mass is 572 g/mol. The normalized spacial score (nSPS) is 12.0. The summed E-state index contributed by atoms with van der Waals surface area (Å²) in [7, 11) is 6.65. The summed E-state index contributed by atoms with van der Waals surface area (Å²) in [4.78, 5) is 14.8. The number of aliphatic imine (C=N–C) groups is 3. The zero-order valence-electron chi connectivity index (χ0n) is 26.0. The van der Waals surface area contributed by atoms with Gasteiger partial charge in [-0.05, 0) is 76.6 Å². The molecule has 41 heavy (non-hydrogen) atoms. The first-order valence-electron chi connectivity index (χ1n) is 15.0. The molecule has 0 bridgehead atoms. The minimum absolute atomic E-state index is 0. The molecule has 0 unspecified atom stereocenters. The molecule has 0 spiro atoms. The van der Waals surface area contributed by atoms with E-state index in [0.29, 0.717) is 0 Å². The molecule has 4 nitrogen and oxygen atoms in total. The van der Waals surface area contributed by atoms with E-state index >= 15 is 0 Å². The standard InChI is InChI=1S/C36H49N4.ClH/c1-7-31-34(26-37-22-20-29-16-12-10-13-17-29)32(8-2)36(28-39-24-25-40(4,5)6)33(9-3)35(31)27-38-23-21-30-18-14-11-15-19-30;/h10-19,26-28H,7-9,20-25H2,1-6H3;1H/q+1;/p-1. The molecule has 0 fully saturated rings. The SMILES string of the molecule is CCc1c(C=NCCc2ccccc2)c(CC)c(C=NCC[N+](C)(C)C)c(CC)c1C=NCCc1ccccc1.[Cl-]. The molecule has 0 atom stereocenters. The van der Waals surface area contributed by atoms with Crippen molar-refractivity contribution in [3.8, 4) is 0 Å². The molecule has 220 valence electrons. The first-order chi connectivity index (χ1) is 19.4. The van der Waals surface area contributed by atoms with Crippen molar-refractivity contribution in [3.05, 3.63) is 105 Å². The summed E-state index contributed by atoms with van der Waals surface area (Å²) in [5, 5.41) is 0. The third-order valence-corrected chi connectivity index (χ3v) is 7.32. The Kier molecular flexibility index (Phi) is 14.7. The maximum atomic E-state index is 4.94. The average Bonchev–Trinajstić information content (AvgIpc) is 2.96. The van der Waals surface area contributed by atoms with Gasteiger partial charge < -0.3 is 16.9 Å². The van der Waals surface area contributed by atoms with E-state index in [1.54, 1.807) is 0 Å². The van der Waals surface area contributed by atoms with Gasteiger partial charge in [-0.15, -0.1) is 0 Å². The van der Waals surface area contributed by atoms with Gasteiger partial charge in [0.15, 0.2) is 0 Å². The Morgan fingerprint density at radius 3 is 1.20 bits per heavy atom. The topological polar surface area (TPSA) is 37.1 Å². The smallest absolute Gasteiger partial charge is 0.0979 e. The Morgan fingerprint density at radius 2 is 0.878 bits per heavy atom. The van der Waals surface area contributed by atoms with Gasteiger partial charge in [0.25, 0.3) is 0 Å². The van der Waals surface area contributed by atoms with Gasteiger partial charge in [0.2, 0.25) is 0 Å². The first kappa shape index (κ1) is 34.1. The molecule has 0 saturated heterocycles. The van der Waals surface area contributed by atoms with Gasteiger partial charge in [-0.2, -0.15) is 0 Å². The van der Waals surface area contributed by atoms with Crippen molar-refractivity contribution < 1.29 is 16.9 Å². The summed E-state index contributed by atoms with van der Waals surface area (Å²) >= 11 is 0. The van der Waals surface area contributed by atoms with Crippen LogP contribution in [0, 0.1) is 0 Å². The average molecular weight is 573 g/mol. The van der Waals surface area contributed by atoms with Crippen LogP contribution in [0.3, 0.4) is 0 Å². The van der Waals surface area contributed by atoms with Crippen LogP contribution >= 0.6 is 0 Å². The van der Waals surface area contributed by atoms with E-state index in [9.17, 15) is 0 Å². The molecule has 0 saturated carbocycles. The molecule has 0 aliphatic rings. The number of halogens is 1. The fourth-order valence-corrected chi connectivity index (χ4v) is 5.09. The molecule has 5 heteroatoms. The number of likely N-dealkylation sites (N-methyl/N-ethyl adjacent to an activating group) is 1. The number of rotatable bonds is 15. The molecule has 0 radical (unpaired) electrons. The Bertz CT molecular complexity index is 1190. The van der Waals surface area contributed by atoms with Gasteiger partial charge in [-0.1, -0.05) is 81.4 Å². The summed E-state index contributed by atoms with van der Waals surface area (Å²) in [6, 6.07) is 21.2. The second-order valence-corrected chi connectivity index (χ2v) is 11.3. The minimum Gasteiger partial charge on any atom is -1.00 e. The summed E-state index contributed by atoms with van der Waals surface area (Å²) in [6.07, 6.45) is 11.1. The van der Waals surface area contributed by atoms with E-state index in [-0.39, 0.29) is 12.4 Å². The lowest BCUT2D eigenvalue weighted by Crippen LogP contribution is -3.00. The lowest BCUT2D eigenvalue weighted by Gasteiger charge is -2.23. The predicted molar refractivity (Wildman–Crippen MR) is 175 cm³/mol. The molecule has 0 amide bonds. The number of nitrogens with zero attached hydrogens (tertiary/aromatic N) is 4. The molecule has 0 heterocycles. The zero-order valence-corrected chi connectivity index (χ0v) is 26.8. The van der Waals surface area contributed by atoms with E-state index in [0.717, 1.165) is 62.8 Å². The number of hydrogen-bond acceptors (Lipinski definition) is 3. The number of quaternary nitrogens is 1. The first-order valence-corrected chi connectivity index (χ1v) is 15.0. The molecular weight excluding hydrogens is 524 g/mol. The van der Waals surface area contributed by atoms with Gasteiger partial charge in [0, 0.05) is 31.7 Å². The fraction of sp³-hybridized carbons (Fsp3) is 0.417. The molecule has 3 aromatic rings. The number of hydrogen-bond donors (Lipinski definition) is 0. The van der Waals surface area contributed by atoms with E-state index in [4.69, 9.17) is 15.0 Å². The summed E-state index contributed by atoms with van der Waals surface area (Å²) in [5.41, 5.74) is 10.5. The van der Waals surface area contributed by atoms with Crippen LogP contribution in [0.1, 0.15) is 65.3 Å². The van der Waals surface area contributed by atoms with E-state index in [1.165, 1.54) is 44.5 Å². The van der Waals surface area contributed by atoms with Gasteiger partial charge in [-0.25, -0.2) is 0 Å². The minimum atomic E-state index is 0. The van der Waals surface area contributed by atoms with Gasteiger partial charge in [-0.3, -0.25) is 15.0 Å². The van der Waals surface area contributed by atoms with Crippen molar-refractivity contribution in [2.75, 3.05) is 47.3 Å². The third kappa shape index (κ3) is 10.7. The van der Waals surface area contributed by atoms with Crippen LogP contribution in [-0.2, 0) is 32.1 Å². The van der Waals surface area contributed by atoms with Crippen LogP contribution in [0.15, 0.2) is 75.6 Å². The summed E-state index contributed by atoms with van der Waals surface area (Å²) in [6.45, 7) is 10.1. The molecule has 0 aliphatic carbocycles. The van der Waals surface area contributed by atoms with E-state index in [2.05, 4.69) is 121 Å². The third-order valence-electron chi connectivity index (χ3n) is 7.32. The Hall–Kier alpha value is -3.08. The van der Waals surface area contributed by atoms with Crippen molar-refractivity contribution in [1.29, 1.82) is 0 Å². The highest BCUT2D eigenvalue weighted by Gasteiger charge is 2.19. The number of benzene rings is 3. The van der Waals surface area contributed by atoms with Crippen LogP contribution in [-0.4, -0.2) is 70.4 Å². The molecule has 0 aliphatic heterocycles. The highest BCUT2D eigenvalue weighted by atomic mass is 35.5. The second kappa shape index (κ2) is 17.7. The highest BCUT2D eigenvalue weighted by molar-refractivity contribution is 5.99. The van der Waals surface area contributed by atoms with Gasteiger partial charge in [0.05, 0.1) is 34.2 Å². The lowest BCUT2D eigenvalue weighted by molar-refractivity contribution is -0.868. The van der Waals surface area contributed by atoms with E-state index in [1.807, 2.05) is 0 Å². The fourth-order valence-electron chi connectivity index (χ4n) is 5.09. The Labute approximate surface area is 255 Å². The van der Waals surface area contributed by atoms with Crippen molar-refractivity contribution in [2.45, 2.75) is 52.9 Å². The van der Waals surface area contributed by atoms with Gasteiger partial charge in [0.1, 0.15) is 0 Å².